The van der Waals surface area contributed by atoms with Gasteiger partial charge in [-0.25, -0.2) is 0 Å². The zero-order chi connectivity index (χ0) is 9.40. The molecule has 0 unspecified atom stereocenters. The summed E-state index contributed by atoms with van der Waals surface area (Å²) in [5.74, 6) is 0.864. The summed E-state index contributed by atoms with van der Waals surface area (Å²) in [6.45, 7) is 4.57. The van der Waals surface area contributed by atoms with Crippen LogP contribution in [0, 0.1) is 0 Å². The predicted molar refractivity (Wildman–Crippen MR) is 52.2 cm³/mol. The van der Waals surface area contributed by atoms with Gasteiger partial charge in [-0.3, -0.25) is 0 Å². The molecule has 1 rings (SSSR count). The minimum absolute atomic E-state index is 0.567. The van der Waals surface area contributed by atoms with E-state index in [1.54, 1.807) is 7.11 Å². The van der Waals surface area contributed by atoms with Crippen molar-refractivity contribution in [3.05, 3.63) is 29.8 Å². The molecule has 2 nitrogen and oxygen atoms in total. The Balaban J connectivity index is 0.000000561. The molecule has 0 saturated heterocycles. The van der Waals surface area contributed by atoms with Gasteiger partial charge in [-0.1, -0.05) is 26.0 Å². The molecule has 0 bridgehead atoms. The zero-order valence-corrected chi connectivity index (χ0v) is 8.00. The van der Waals surface area contributed by atoms with E-state index < -0.39 is 0 Å². The predicted octanol–water partition coefficient (Wildman–Crippen LogP) is 2.18. The standard InChI is InChI=1S/C8H11NO.C2H6/c1-10-8-4-2-3-7(5-8)6-9;1-2/h2-5H,6,9H2,1H3;1-2H3. The number of ether oxygens (including phenoxy) is 1. The molecule has 0 aliphatic heterocycles. The summed E-state index contributed by atoms with van der Waals surface area (Å²) >= 11 is 0. The van der Waals surface area contributed by atoms with Gasteiger partial charge in [0.05, 0.1) is 7.11 Å². The van der Waals surface area contributed by atoms with Crippen LogP contribution in [0.25, 0.3) is 0 Å². The van der Waals surface area contributed by atoms with Crippen molar-refractivity contribution in [1.82, 2.24) is 0 Å². The van der Waals surface area contributed by atoms with Crippen molar-refractivity contribution in [3.8, 4) is 5.75 Å². The minimum atomic E-state index is 0.567. The smallest absolute Gasteiger partial charge is 0.119 e. The van der Waals surface area contributed by atoms with Crippen LogP contribution in [-0.2, 0) is 6.54 Å². The second-order valence-corrected chi connectivity index (χ2v) is 2.06. The van der Waals surface area contributed by atoms with Crippen molar-refractivity contribution in [2.75, 3.05) is 7.11 Å². The van der Waals surface area contributed by atoms with E-state index in [-0.39, 0.29) is 0 Å². The molecule has 0 aliphatic rings. The summed E-state index contributed by atoms with van der Waals surface area (Å²) < 4.78 is 5.00. The molecule has 68 valence electrons. The maximum Gasteiger partial charge on any atom is 0.119 e. The monoisotopic (exact) mass is 167 g/mol. The fourth-order valence-corrected chi connectivity index (χ4v) is 0.799. The summed E-state index contributed by atoms with van der Waals surface area (Å²) in [6.07, 6.45) is 0. The maximum absolute atomic E-state index is 5.42. The highest BCUT2D eigenvalue weighted by molar-refractivity contribution is 5.27. The van der Waals surface area contributed by atoms with E-state index in [1.807, 2.05) is 38.1 Å². The number of rotatable bonds is 2. The Kier molecular flexibility index (Phi) is 6.11. The summed E-state index contributed by atoms with van der Waals surface area (Å²) in [5, 5.41) is 0. The number of nitrogens with two attached hydrogens (primary N) is 1. The van der Waals surface area contributed by atoms with Crippen molar-refractivity contribution < 1.29 is 4.74 Å². The average molecular weight is 167 g/mol. The molecular weight excluding hydrogens is 150 g/mol. The van der Waals surface area contributed by atoms with E-state index >= 15 is 0 Å². The van der Waals surface area contributed by atoms with Gasteiger partial charge in [0.2, 0.25) is 0 Å². The molecule has 0 fully saturated rings. The fourth-order valence-electron chi connectivity index (χ4n) is 0.799. The van der Waals surface area contributed by atoms with Crippen LogP contribution in [0.15, 0.2) is 24.3 Å². The van der Waals surface area contributed by atoms with Gasteiger partial charge in [0.1, 0.15) is 5.75 Å². The number of methoxy groups -OCH3 is 1. The van der Waals surface area contributed by atoms with E-state index in [4.69, 9.17) is 10.5 Å². The molecule has 12 heavy (non-hydrogen) atoms. The van der Waals surface area contributed by atoms with Gasteiger partial charge in [-0.15, -0.1) is 0 Å². The van der Waals surface area contributed by atoms with Crippen molar-refractivity contribution in [2.45, 2.75) is 20.4 Å². The Morgan fingerprint density at radius 1 is 1.33 bits per heavy atom. The van der Waals surface area contributed by atoms with Crippen molar-refractivity contribution >= 4 is 0 Å². The second-order valence-electron chi connectivity index (χ2n) is 2.06. The molecule has 0 amide bonds. The Morgan fingerprint density at radius 3 is 2.50 bits per heavy atom. The second kappa shape index (κ2) is 6.68. The van der Waals surface area contributed by atoms with Gasteiger partial charge in [-0.05, 0) is 17.7 Å². The molecule has 0 atom stereocenters. The van der Waals surface area contributed by atoms with Gasteiger partial charge in [0, 0.05) is 6.54 Å². The summed E-state index contributed by atoms with van der Waals surface area (Å²) in [7, 11) is 1.65. The lowest BCUT2D eigenvalue weighted by molar-refractivity contribution is 0.414. The summed E-state index contributed by atoms with van der Waals surface area (Å²) in [5.41, 5.74) is 6.51. The summed E-state index contributed by atoms with van der Waals surface area (Å²) in [4.78, 5) is 0. The molecular formula is C10H17NO. The molecule has 0 aliphatic carbocycles. The fraction of sp³-hybridized carbons (Fsp3) is 0.400. The highest BCUT2D eigenvalue weighted by atomic mass is 16.5. The third-order valence-electron chi connectivity index (χ3n) is 1.37. The van der Waals surface area contributed by atoms with Crippen LogP contribution in [-0.4, -0.2) is 7.11 Å². The van der Waals surface area contributed by atoms with Gasteiger partial charge < -0.3 is 10.5 Å². The zero-order valence-electron chi connectivity index (χ0n) is 8.00. The minimum Gasteiger partial charge on any atom is -0.497 e. The van der Waals surface area contributed by atoms with Crippen LogP contribution in [0.2, 0.25) is 0 Å². The molecule has 0 saturated carbocycles. The molecule has 2 N–H and O–H groups in total. The normalized spacial score (nSPS) is 8.33. The lowest BCUT2D eigenvalue weighted by Crippen LogP contribution is -1.95. The number of hydrogen-bond donors (Lipinski definition) is 1. The van der Waals surface area contributed by atoms with Gasteiger partial charge >= 0.3 is 0 Å². The van der Waals surface area contributed by atoms with E-state index in [1.165, 1.54) is 0 Å². The first-order chi connectivity index (χ1) is 5.86. The van der Waals surface area contributed by atoms with Crippen LogP contribution in [0.4, 0.5) is 0 Å². The van der Waals surface area contributed by atoms with E-state index in [2.05, 4.69) is 0 Å². The lowest BCUT2D eigenvalue weighted by Gasteiger charge is -2.00. The first-order valence-electron chi connectivity index (χ1n) is 4.20. The molecule has 0 radical (unpaired) electrons. The molecule has 0 heterocycles. The molecule has 0 aromatic heterocycles. The van der Waals surface area contributed by atoms with Crippen LogP contribution >= 0.6 is 0 Å². The molecule has 0 spiro atoms. The molecule has 1 aromatic rings. The Labute approximate surface area is 74.4 Å². The molecule has 2 heteroatoms. The third kappa shape index (κ3) is 3.39. The highest BCUT2D eigenvalue weighted by Gasteiger charge is 1.90. The van der Waals surface area contributed by atoms with Crippen LogP contribution < -0.4 is 10.5 Å². The highest BCUT2D eigenvalue weighted by Crippen LogP contribution is 2.11. The third-order valence-corrected chi connectivity index (χ3v) is 1.37. The van der Waals surface area contributed by atoms with E-state index in [9.17, 15) is 0 Å². The first-order valence-corrected chi connectivity index (χ1v) is 4.20. The molecule has 1 aromatic carbocycles. The number of hydrogen-bond acceptors (Lipinski definition) is 2. The first kappa shape index (κ1) is 11.0. The summed E-state index contributed by atoms with van der Waals surface area (Å²) in [6, 6.07) is 7.74. The average Bonchev–Trinajstić information content (AvgIpc) is 2.21. The van der Waals surface area contributed by atoms with Crippen LogP contribution in [0.3, 0.4) is 0 Å². The Morgan fingerprint density at radius 2 is 2.00 bits per heavy atom. The largest absolute Gasteiger partial charge is 0.497 e. The van der Waals surface area contributed by atoms with E-state index in [0.29, 0.717) is 6.54 Å². The van der Waals surface area contributed by atoms with Gasteiger partial charge in [0.15, 0.2) is 0 Å². The lowest BCUT2D eigenvalue weighted by atomic mass is 10.2. The van der Waals surface area contributed by atoms with Gasteiger partial charge in [0.25, 0.3) is 0 Å². The van der Waals surface area contributed by atoms with Crippen molar-refractivity contribution in [1.29, 1.82) is 0 Å². The van der Waals surface area contributed by atoms with Crippen LogP contribution in [0.1, 0.15) is 19.4 Å². The van der Waals surface area contributed by atoms with Crippen molar-refractivity contribution in [3.63, 3.8) is 0 Å². The SMILES string of the molecule is CC.COc1cccc(CN)c1. The maximum atomic E-state index is 5.42. The Hall–Kier alpha value is -1.02. The van der Waals surface area contributed by atoms with Gasteiger partial charge in [-0.2, -0.15) is 0 Å². The number of benzene rings is 1. The van der Waals surface area contributed by atoms with Crippen molar-refractivity contribution in [2.24, 2.45) is 5.73 Å². The van der Waals surface area contributed by atoms with Crippen LogP contribution in [0.5, 0.6) is 5.75 Å². The Bertz CT molecular complexity index is 191. The quantitative estimate of drug-likeness (QED) is 0.732. The van der Waals surface area contributed by atoms with E-state index in [0.717, 1.165) is 11.3 Å². The topological polar surface area (TPSA) is 35.2 Å².